The third kappa shape index (κ3) is 2.74. The molecule has 1 aliphatic rings. The molecule has 18 heavy (non-hydrogen) atoms. The molecule has 0 saturated carbocycles. The first-order valence-corrected chi connectivity index (χ1v) is 7.39. The number of aromatic nitrogens is 1. The van der Waals surface area contributed by atoms with Crippen LogP contribution in [0.4, 0.5) is 0 Å². The number of hydrogen-bond acceptors (Lipinski definition) is 4. The van der Waals surface area contributed by atoms with Gasteiger partial charge in [0.1, 0.15) is 0 Å². The Hall–Kier alpha value is -0.900. The van der Waals surface area contributed by atoms with Crippen molar-refractivity contribution in [3.05, 3.63) is 15.6 Å². The van der Waals surface area contributed by atoms with Gasteiger partial charge in [-0.05, 0) is 26.2 Å². The Labute approximate surface area is 113 Å². The monoisotopic (exact) mass is 267 g/mol. The highest BCUT2D eigenvalue weighted by Crippen LogP contribution is 2.35. The molecule has 0 bridgehead atoms. The maximum atomic E-state index is 11.8. The standard InChI is InChI=1S/C14H21NO2S/c1-5-17-12(16)9-6-7-10-11(8-9)18-13(15-10)14(2,3)4/h9H,5-8H2,1-4H3. The highest BCUT2D eigenvalue weighted by atomic mass is 32.1. The van der Waals surface area contributed by atoms with E-state index < -0.39 is 0 Å². The second-order valence-electron chi connectivity index (χ2n) is 5.83. The Morgan fingerprint density at radius 2 is 2.22 bits per heavy atom. The van der Waals surface area contributed by atoms with Crippen molar-refractivity contribution in [1.82, 2.24) is 4.98 Å². The molecule has 1 atom stereocenters. The van der Waals surface area contributed by atoms with Crippen molar-refractivity contribution >= 4 is 17.3 Å². The van der Waals surface area contributed by atoms with Gasteiger partial charge in [-0.15, -0.1) is 11.3 Å². The van der Waals surface area contributed by atoms with Crippen LogP contribution >= 0.6 is 11.3 Å². The summed E-state index contributed by atoms with van der Waals surface area (Å²) in [6, 6.07) is 0. The first-order chi connectivity index (χ1) is 8.41. The van der Waals surface area contributed by atoms with Gasteiger partial charge >= 0.3 is 5.97 Å². The van der Waals surface area contributed by atoms with Gasteiger partial charge in [0.2, 0.25) is 0 Å². The van der Waals surface area contributed by atoms with Crippen LogP contribution in [0, 0.1) is 5.92 Å². The first-order valence-electron chi connectivity index (χ1n) is 6.57. The molecular weight excluding hydrogens is 246 g/mol. The summed E-state index contributed by atoms with van der Waals surface area (Å²) in [7, 11) is 0. The van der Waals surface area contributed by atoms with Crippen LogP contribution in [0.3, 0.4) is 0 Å². The molecule has 0 radical (unpaired) electrons. The maximum absolute atomic E-state index is 11.8. The number of fused-ring (bicyclic) bond motifs is 1. The van der Waals surface area contributed by atoms with Crippen molar-refractivity contribution in [2.24, 2.45) is 5.92 Å². The molecule has 2 rings (SSSR count). The fraction of sp³-hybridized carbons (Fsp3) is 0.714. The minimum Gasteiger partial charge on any atom is -0.466 e. The van der Waals surface area contributed by atoms with E-state index in [0.717, 1.165) is 19.3 Å². The molecule has 100 valence electrons. The normalized spacial score (nSPS) is 19.4. The fourth-order valence-electron chi connectivity index (χ4n) is 2.16. The first kappa shape index (κ1) is 13.5. The Morgan fingerprint density at radius 1 is 1.50 bits per heavy atom. The van der Waals surface area contributed by atoms with Crippen molar-refractivity contribution in [1.29, 1.82) is 0 Å². The smallest absolute Gasteiger partial charge is 0.309 e. The van der Waals surface area contributed by atoms with Crippen LogP contribution in [0.2, 0.25) is 0 Å². The highest BCUT2D eigenvalue weighted by Gasteiger charge is 2.30. The highest BCUT2D eigenvalue weighted by molar-refractivity contribution is 7.11. The average molecular weight is 267 g/mol. The van der Waals surface area contributed by atoms with E-state index >= 15 is 0 Å². The third-order valence-electron chi connectivity index (χ3n) is 3.20. The maximum Gasteiger partial charge on any atom is 0.309 e. The number of ether oxygens (including phenoxy) is 1. The zero-order chi connectivity index (χ0) is 13.3. The average Bonchev–Trinajstić information content (AvgIpc) is 2.71. The van der Waals surface area contributed by atoms with Crippen LogP contribution in [-0.4, -0.2) is 17.6 Å². The van der Waals surface area contributed by atoms with Gasteiger partial charge in [-0.3, -0.25) is 4.79 Å². The third-order valence-corrected chi connectivity index (χ3v) is 4.75. The molecular formula is C14H21NO2S. The predicted octanol–water partition coefficient (Wildman–Crippen LogP) is 3.11. The van der Waals surface area contributed by atoms with Crippen LogP contribution in [0.25, 0.3) is 0 Å². The van der Waals surface area contributed by atoms with Gasteiger partial charge in [-0.25, -0.2) is 4.98 Å². The summed E-state index contributed by atoms with van der Waals surface area (Å²) in [5, 5.41) is 1.18. The minimum atomic E-state index is -0.0474. The van der Waals surface area contributed by atoms with E-state index in [1.54, 1.807) is 11.3 Å². The molecule has 0 N–H and O–H groups in total. The van der Waals surface area contributed by atoms with Gasteiger partial charge in [0.15, 0.2) is 0 Å². The molecule has 0 aromatic carbocycles. The van der Waals surface area contributed by atoms with Crippen LogP contribution in [0.15, 0.2) is 0 Å². The van der Waals surface area contributed by atoms with E-state index in [1.165, 1.54) is 15.6 Å². The Morgan fingerprint density at radius 3 is 2.83 bits per heavy atom. The number of thiazole rings is 1. The van der Waals surface area contributed by atoms with Crippen molar-refractivity contribution in [3.8, 4) is 0 Å². The summed E-state index contributed by atoms with van der Waals surface area (Å²) in [5.74, 6) is -0.0143. The van der Waals surface area contributed by atoms with Crippen LogP contribution in [-0.2, 0) is 27.8 Å². The van der Waals surface area contributed by atoms with Crippen molar-refractivity contribution in [3.63, 3.8) is 0 Å². The summed E-state index contributed by atoms with van der Waals surface area (Å²) in [5.41, 5.74) is 1.30. The SMILES string of the molecule is CCOC(=O)C1CCc2nc(C(C)(C)C)sc2C1. The topological polar surface area (TPSA) is 39.2 Å². The van der Waals surface area contributed by atoms with Gasteiger partial charge in [0.25, 0.3) is 0 Å². The lowest BCUT2D eigenvalue weighted by Gasteiger charge is -2.19. The van der Waals surface area contributed by atoms with E-state index in [-0.39, 0.29) is 17.3 Å². The second-order valence-corrected chi connectivity index (χ2v) is 6.91. The molecule has 0 fully saturated rings. The summed E-state index contributed by atoms with van der Waals surface area (Å²) < 4.78 is 5.12. The van der Waals surface area contributed by atoms with Gasteiger partial charge in [0, 0.05) is 10.3 Å². The quantitative estimate of drug-likeness (QED) is 0.773. The molecule has 0 aliphatic heterocycles. The van der Waals surface area contributed by atoms with E-state index in [0.29, 0.717) is 6.61 Å². The van der Waals surface area contributed by atoms with Crippen molar-refractivity contribution in [2.45, 2.75) is 52.4 Å². The van der Waals surface area contributed by atoms with Crippen molar-refractivity contribution in [2.75, 3.05) is 6.61 Å². The van der Waals surface area contributed by atoms with Crippen LogP contribution < -0.4 is 0 Å². The Kier molecular flexibility index (Phi) is 3.76. The Bertz CT molecular complexity index is 445. The molecule has 1 aromatic heterocycles. The largest absolute Gasteiger partial charge is 0.466 e. The van der Waals surface area contributed by atoms with Gasteiger partial charge in [-0.1, -0.05) is 20.8 Å². The number of esters is 1. The zero-order valence-corrected chi connectivity index (χ0v) is 12.4. The minimum absolute atomic E-state index is 0.0331. The summed E-state index contributed by atoms with van der Waals surface area (Å²) in [6.07, 6.45) is 2.59. The molecule has 0 amide bonds. The lowest BCUT2D eigenvalue weighted by molar-refractivity contribution is -0.148. The summed E-state index contributed by atoms with van der Waals surface area (Å²) >= 11 is 1.76. The van der Waals surface area contributed by atoms with Gasteiger partial charge in [0.05, 0.1) is 23.2 Å². The molecule has 1 heterocycles. The van der Waals surface area contributed by atoms with Gasteiger partial charge in [-0.2, -0.15) is 0 Å². The Balaban J connectivity index is 2.15. The lowest BCUT2D eigenvalue weighted by atomic mass is 9.91. The molecule has 3 nitrogen and oxygen atoms in total. The number of hydrogen-bond donors (Lipinski definition) is 0. The van der Waals surface area contributed by atoms with Gasteiger partial charge < -0.3 is 4.74 Å². The van der Waals surface area contributed by atoms with E-state index in [1.807, 2.05) is 6.92 Å². The summed E-state index contributed by atoms with van der Waals surface area (Å²) in [4.78, 5) is 17.8. The second kappa shape index (κ2) is 5.00. The molecule has 1 aliphatic carbocycles. The van der Waals surface area contributed by atoms with Crippen LogP contribution in [0.1, 0.15) is 49.7 Å². The lowest BCUT2D eigenvalue weighted by Crippen LogP contribution is -2.24. The number of carbonyl (C=O) groups is 1. The predicted molar refractivity (Wildman–Crippen MR) is 73.0 cm³/mol. The number of rotatable bonds is 2. The molecule has 0 spiro atoms. The number of carbonyl (C=O) groups excluding carboxylic acids is 1. The zero-order valence-electron chi connectivity index (χ0n) is 11.6. The van der Waals surface area contributed by atoms with E-state index in [2.05, 4.69) is 20.8 Å². The molecule has 1 unspecified atom stereocenters. The van der Waals surface area contributed by atoms with Crippen molar-refractivity contribution < 1.29 is 9.53 Å². The number of aryl methyl sites for hydroxylation is 1. The fourth-order valence-corrected chi connectivity index (χ4v) is 3.40. The molecule has 0 saturated heterocycles. The summed E-state index contributed by atoms with van der Waals surface area (Å²) in [6.45, 7) is 8.87. The molecule has 1 aromatic rings. The van der Waals surface area contributed by atoms with E-state index in [9.17, 15) is 4.79 Å². The molecule has 4 heteroatoms. The van der Waals surface area contributed by atoms with E-state index in [4.69, 9.17) is 9.72 Å². The number of nitrogens with zero attached hydrogens (tertiary/aromatic N) is 1. The van der Waals surface area contributed by atoms with Crippen LogP contribution in [0.5, 0.6) is 0 Å².